The first kappa shape index (κ1) is 15.4. The number of hydrogen-bond acceptors (Lipinski definition) is 5. The number of rotatable bonds is 6. The molecule has 114 valence electrons. The van der Waals surface area contributed by atoms with Gasteiger partial charge >= 0.3 is 5.97 Å². The molecule has 0 spiro atoms. The third-order valence-electron chi connectivity index (χ3n) is 2.89. The van der Waals surface area contributed by atoms with Crippen LogP contribution in [0.15, 0.2) is 53.7 Å². The minimum absolute atomic E-state index is 0.0487. The molecule has 0 atom stereocenters. The Bertz CT molecular complexity index is 662. The molecule has 0 saturated carbocycles. The van der Waals surface area contributed by atoms with Crippen LogP contribution >= 0.6 is 0 Å². The second-order valence-electron chi connectivity index (χ2n) is 4.41. The molecule has 0 saturated heterocycles. The maximum absolute atomic E-state index is 11.2. The van der Waals surface area contributed by atoms with E-state index in [1.807, 2.05) is 0 Å². The minimum Gasteiger partial charge on any atom is -0.508 e. The number of hydrogen-bond donors (Lipinski definition) is 2. The van der Waals surface area contributed by atoms with Crippen LogP contribution in [0.5, 0.6) is 11.5 Å². The molecule has 0 fully saturated rings. The van der Waals surface area contributed by atoms with Crippen LogP contribution in [0, 0.1) is 0 Å². The fourth-order valence-electron chi connectivity index (χ4n) is 1.73. The average Bonchev–Trinajstić information content (AvgIpc) is 2.53. The summed E-state index contributed by atoms with van der Waals surface area (Å²) >= 11 is 0. The number of phenolic OH excluding ortho intramolecular Hbond substituents is 1. The summed E-state index contributed by atoms with van der Waals surface area (Å²) in [6.07, 6.45) is 0. The number of carboxylic acids is 1. The van der Waals surface area contributed by atoms with Gasteiger partial charge in [0.25, 0.3) is 0 Å². The van der Waals surface area contributed by atoms with Crippen LogP contribution in [0.1, 0.15) is 11.1 Å². The maximum atomic E-state index is 11.2. The van der Waals surface area contributed by atoms with Crippen molar-refractivity contribution in [3.63, 3.8) is 0 Å². The first-order chi connectivity index (χ1) is 10.6. The quantitative estimate of drug-likeness (QED) is 0.632. The van der Waals surface area contributed by atoms with Crippen molar-refractivity contribution in [2.45, 2.75) is 6.61 Å². The fourth-order valence-corrected chi connectivity index (χ4v) is 1.73. The van der Waals surface area contributed by atoms with Crippen LogP contribution in [0.25, 0.3) is 0 Å². The molecule has 2 aromatic carbocycles. The van der Waals surface area contributed by atoms with E-state index in [1.54, 1.807) is 31.4 Å². The minimum atomic E-state index is -1.21. The molecule has 0 aliphatic carbocycles. The predicted octanol–water partition coefficient (Wildman–Crippen LogP) is 2.41. The van der Waals surface area contributed by atoms with Crippen molar-refractivity contribution in [3.8, 4) is 11.5 Å². The number of carboxylic acid groups (broad SMARTS) is 1. The molecule has 0 aromatic heterocycles. The molecule has 0 unspecified atom stereocenters. The van der Waals surface area contributed by atoms with Crippen LogP contribution < -0.4 is 4.74 Å². The molecule has 6 nitrogen and oxygen atoms in total. The lowest BCUT2D eigenvalue weighted by Crippen LogP contribution is -2.15. The Morgan fingerprint density at radius 2 is 1.73 bits per heavy atom. The summed E-state index contributed by atoms with van der Waals surface area (Å²) in [7, 11) is 1.58. The van der Waals surface area contributed by atoms with Crippen LogP contribution in [0.4, 0.5) is 0 Å². The number of aromatic hydroxyl groups is 1. The van der Waals surface area contributed by atoms with E-state index in [4.69, 9.17) is 9.57 Å². The second kappa shape index (κ2) is 7.12. The fraction of sp³-hybridized carbons (Fsp3) is 0.125. The summed E-state index contributed by atoms with van der Waals surface area (Å²) in [5.41, 5.74) is 0.952. The number of phenols is 1. The Morgan fingerprint density at radius 3 is 2.27 bits per heavy atom. The van der Waals surface area contributed by atoms with Gasteiger partial charge in [0.05, 0.1) is 7.11 Å². The molecule has 2 rings (SSSR count). The molecule has 22 heavy (non-hydrogen) atoms. The highest BCUT2D eigenvalue weighted by molar-refractivity contribution is 6.42. The van der Waals surface area contributed by atoms with Crippen molar-refractivity contribution < 1.29 is 24.6 Å². The summed E-state index contributed by atoms with van der Waals surface area (Å²) < 4.78 is 5.04. The van der Waals surface area contributed by atoms with Gasteiger partial charge < -0.3 is 19.8 Å². The molecule has 2 N–H and O–H groups in total. The van der Waals surface area contributed by atoms with Gasteiger partial charge in [0.2, 0.25) is 0 Å². The van der Waals surface area contributed by atoms with E-state index in [1.165, 1.54) is 24.3 Å². The van der Waals surface area contributed by atoms with Gasteiger partial charge in [0.15, 0.2) is 5.71 Å². The number of benzene rings is 2. The molecule has 6 heteroatoms. The van der Waals surface area contributed by atoms with Crippen LogP contribution in [-0.2, 0) is 16.2 Å². The largest absolute Gasteiger partial charge is 0.508 e. The highest BCUT2D eigenvalue weighted by Gasteiger charge is 2.13. The van der Waals surface area contributed by atoms with Crippen molar-refractivity contribution in [2.24, 2.45) is 5.16 Å². The van der Waals surface area contributed by atoms with Gasteiger partial charge in [0, 0.05) is 5.56 Å². The molecule has 0 radical (unpaired) electrons. The number of methoxy groups -OCH3 is 1. The number of oxime groups is 1. The lowest BCUT2D eigenvalue weighted by atomic mass is 10.1. The smallest absolute Gasteiger partial charge is 0.358 e. The predicted molar refractivity (Wildman–Crippen MR) is 80.1 cm³/mol. The third kappa shape index (κ3) is 3.99. The van der Waals surface area contributed by atoms with Crippen LogP contribution in [0.2, 0.25) is 0 Å². The lowest BCUT2D eigenvalue weighted by molar-refractivity contribution is -0.129. The normalized spacial score (nSPS) is 11.0. The van der Waals surface area contributed by atoms with Gasteiger partial charge in [-0.15, -0.1) is 0 Å². The van der Waals surface area contributed by atoms with Crippen LogP contribution in [0.3, 0.4) is 0 Å². The van der Waals surface area contributed by atoms with E-state index in [-0.39, 0.29) is 18.1 Å². The van der Waals surface area contributed by atoms with E-state index in [0.717, 1.165) is 11.3 Å². The van der Waals surface area contributed by atoms with E-state index in [0.29, 0.717) is 5.56 Å². The summed E-state index contributed by atoms with van der Waals surface area (Å²) in [5, 5.41) is 22.1. The molecule has 0 heterocycles. The van der Waals surface area contributed by atoms with Crippen molar-refractivity contribution in [1.29, 1.82) is 0 Å². The summed E-state index contributed by atoms with van der Waals surface area (Å²) in [6.45, 7) is 0.138. The van der Waals surface area contributed by atoms with Gasteiger partial charge in [-0.05, 0) is 42.0 Å². The first-order valence-corrected chi connectivity index (χ1v) is 6.45. The number of aliphatic carboxylic acids is 1. The van der Waals surface area contributed by atoms with Crippen molar-refractivity contribution in [3.05, 3.63) is 59.7 Å². The number of carbonyl (C=O) groups is 1. The Hall–Kier alpha value is -3.02. The maximum Gasteiger partial charge on any atom is 0.358 e. The Kier molecular flexibility index (Phi) is 4.98. The summed E-state index contributed by atoms with van der Waals surface area (Å²) in [5.74, 6) is -0.435. The molecular formula is C16H15NO5. The number of ether oxygens (including phenoxy) is 1. The van der Waals surface area contributed by atoms with Crippen molar-refractivity contribution >= 4 is 11.7 Å². The van der Waals surface area contributed by atoms with E-state index < -0.39 is 5.97 Å². The highest BCUT2D eigenvalue weighted by Crippen LogP contribution is 2.13. The van der Waals surface area contributed by atoms with Crippen molar-refractivity contribution in [2.75, 3.05) is 7.11 Å². The van der Waals surface area contributed by atoms with E-state index >= 15 is 0 Å². The Balaban J connectivity index is 2.07. The molecule has 0 amide bonds. The molecule has 2 aromatic rings. The first-order valence-electron chi connectivity index (χ1n) is 6.45. The molecule has 0 aliphatic heterocycles. The third-order valence-corrected chi connectivity index (χ3v) is 2.89. The second-order valence-corrected chi connectivity index (χ2v) is 4.41. The zero-order valence-electron chi connectivity index (χ0n) is 11.9. The average molecular weight is 301 g/mol. The highest BCUT2D eigenvalue weighted by atomic mass is 16.6. The topological polar surface area (TPSA) is 88.4 Å². The summed E-state index contributed by atoms with van der Waals surface area (Å²) in [6, 6.07) is 12.8. The van der Waals surface area contributed by atoms with Crippen molar-refractivity contribution in [1.82, 2.24) is 0 Å². The lowest BCUT2D eigenvalue weighted by Gasteiger charge is -2.04. The molecular weight excluding hydrogens is 286 g/mol. The van der Waals surface area contributed by atoms with Gasteiger partial charge in [-0.3, -0.25) is 0 Å². The number of nitrogens with zero attached hydrogens (tertiary/aromatic N) is 1. The Morgan fingerprint density at radius 1 is 1.09 bits per heavy atom. The van der Waals surface area contributed by atoms with Crippen LogP contribution in [-0.4, -0.2) is 29.0 Å². The molecule has 0 aliphatic rings. The van der Waals surface area contributed by atoms with Gasteiger partial charge in [-0.2, -0.15) is 0 Å². The van der Waals surface area contributed by atoms with Gasteiger partial charge in [-0.1, -0.05) is 17.3 Å². The standard InChI is InChI=1S/C16H15NO5/c1-21-14-8-2-11(3-9-14)10-22-17-15(16(19)20)12-4-6-13(18)7-5-12/h2-9,18H,10H2,1H3,(H,19,20). The zero-order chi connectivity index (χ0) is 15.9. The van der Waals surface area contributed by atoms with E-state index in [2.05, 4.69) is 5.16 Å². The van der Waals surface area contributed by atoms with Gasteiger partial charge in [-0.25, -0.2) is 4.79 Å². The SMILES string of the molecule is COc1ccc(CON=C(C(=O)O)c2ccc(O)cc2)cc1. The zero-order valence-corrected chi connectivity index (χ0v) is 11.9. The monoisotopic (exact) mass is 301 g/mol. The summed E-state index contributed by atoms with van der Waals surface area (Å²) in [4.78, 5) is 16.3. The Labute approximate surface area is 127 Å². The van der Waals surface area contributed by atoms with E-state index in [9.17, 15) is 15.0 Å². The van der Waals surface area contributed by atoms with Gasteiger partial charge in [0.1, 0.15) is 18.1 Å². The molecule has 0 bridgehead atoms.